The van der Waals surface area contributed by atoms with Crippen molar-refractivity contribution in [3.63, 3.8) is 0 Å². The van der Waals surface area contributed by atoms with Gasteiger partial charge < -0.3 is 18.8 Å². The van der Waals surface area contributed by atoms with Crippen LogP contribution in [0.2, 0.25) is 0 Å². The number of rotatable bonds is 10. The minimum atomic E-state index is -2.21. The summed E-state index contributed by atoms with van der Waals surface area (Å²) in [6, 6.07) is 7.27. The van der Waals surface area contributed by atoms with E-state index in [0.717, 1.165) is 5.56 Å². The van der Waals surface area contributed by atoms with Crippen LogP contribution in [0.4, 0.5) is 0 Å². The highest BCUT2D eigenvalue weighted by molar-refractivity contribution is 6.18. The summed E-state index contributed by atoms with van der Waals surface area (Å²) in [5.41, 5.74) is -0.682. The largest absolute Gasteiger partial charge is 0.465 e. The molecule has 0 atom stereocenters. The van der Waals surface area contributed by atoms with E-state index in [9.17, 15) is 14.4 Å². The lowest BCUT2D eigenvalue weighted by atomic mass is 9.81. The minimum absolute atomic E-state index is 0.0140. The van der Waals surface area contributed by atoms with Crippen LogP contribution in [-0.4, -0.2) is 47.3 Å². The second-order valence-corrected chi connectivity index (χ2v) is 6.30. The van der Waals surface area contributed by atoms with Gasteiger partial charge in [0.1, 0.15) is 0 Å². The molecule has 2 rings (SSSR count). The second-order valence-electron chi connectivity index (χ2n) is 6.30. The summed E-state index contributed by atoms with van der Waals surface area (Å²) >= 11 is 0. The van der Waals surface area contributed by atoms with E-state index in [1.165, 1.54) is 0 Å². The monoisotopic (exact) mass is 402 g/mol. The van der Waals surface area contributed by atoms with Gasteiger partial charge in [-0.3, -0.25) is 14.4 Å². The van der Waals surface area contributed by atoms with Crippen LogP contribution < -0.4 is 0 Å². The van der Waals surface area contributed by atoms with Crippen molar-refractivity contribution in [2.24, 2.45) is 5.41 Å². The highest BCUT2D eigenvalue weighted by Crippen LogP contribution is 2.30. The highest BCUT2D eigenvalue weighted by atomic mass is 16.6. The van der Waals surface area contributed by atoms with Crippen molar-refractivity contribution < 1.29 is 28.6 Å². The molecule has 29 heavy (non-hydrogen) atoms. The third-order valence-electron chi connectivity index (χ3n) is 4.26. The third kappa shape index (κ3) is 5.22. The smallest absolute Gasteiger partial charge is 0.335 e. The summed E-state index contributed by atoms with van der Waals surface area (Å²) in [6.07, 6.45) is 4.97. The lowest BCUT2D eigenvalue weighted by Crippen LogP contribution is -2.51. The molecule has 0 fully saturated rings. The Morgan fingerprint density at radius 2 is 1.48 bits per heavy atom. The van der Waals surface area contributed by atoms with Crippen LogP contribution in [0.15, 0.2) is 43.0 Å². The topological polar surface area (TPSA) is 96.7 Å². The Morgan fingerprint density at radius 1 is 0.931 bits per heavy atom. The number of hydrogen-bond donors (Lipinski definition) is 0. The predicted octanol–water partition coefficient (Wildman–Crippen LogP) is 2.15. The van der Waals surface area contributed by atoms with Crippen molar-refractivity contribution in [1.82, 2.24) is 9.55 Å². The fraction of sp³-hybridized carbons (Fsp3) is 0.429. The molecule has 0 radical (unpaired) electrons. The summed E-state index contributed by atoms with van der Waals surface area (Å²) in [7, 11) is 0. The Hall–Kier alpha value is -3.16. The van der Waals surface area contributed by atoms with E-state index in [1.54, 1.807) is 45.4 Å². The van der Waals surface area contributed by atoms with Crippen molar-refractivity contribution in [2.45, 2.75) is 33.7 Å². The first-order chi connectivity index (χ1) is 14.0. The van der Waals surface area contributed by atoms with Gasteiger partial charge in [-0.15, -0.1) is 0 Å². The van der Waals surface area contributed by atoms with Crippen LogP contribution in [0, 0.1) is 5.41 Å². The number of aromatic nitrogens is 2. The van der Waals surface area contributed by atoms with E-state index in [0.29, 0.717) is 12.1 Å². The predicted molar refractivity (Wildman–Crippen MR) is 104 cm³/mol. The summed E-state index contributed by atoms with van der Waals surface area (Å²) in [4.78, 5) is 42.4. The van der Waals surface area contributed by atoms with Gasteiger partial charge in [-0.05, 0) is 31.9 Å². The molecule has 8 nitrogen and oxygen atoms in total. The van der Waals surface area contributed by atoms with E-state index in [2.05, 4.69) is 4.98 Å². The maximum atomic E-state index is 12.8. The molecule has 0 bridgehead atoms. The molecule has 1 heterocycles. The van der Waals surface area contributed by atoms with Crippen LogP contribution >= 0.6 is 0 Å². The van der Waals surface area contributed by atoms with Gasteiger partial charge in [0.05, 0.1) is 26.1 Å². The van der Waals surface area contributed by atoms with Gasteiger partial charge in [-0.1, -0.05) is 24.3 Å². The number of carbonyl (C=O) groups is 3. The van der Waals surface area contributed by atoms with Crippen molar-refractivity contribution in [1.29, 1.82) is 0 Å². The number of benzene rings is 1. The molecule has 156 valence electrons. The maximum absolute atomic E-state index is 12.8. The number of imidazole rings is 1. The summed E-state index contributed by atoms with van der Waals surface area (Å²) in [6.45, 7) is 5.40. The Morgan fingerprint density at radius 3 is 1.97 bits per heavy atom. The molecule has 1 aromatic heterocycles. The molecule has 0 saturated heterocycles. The fourth-order valence-electron chi connectivity index (χ4n) is 2.96. The van der Waals surface area contributed by atoms with Gasteiger partial charge >= 0.3 is 17.9 Å². The van der Waals surface area contributed by atoms with Gasteiger partial charge in [-0.2, -0.15) is 0 Å². The number of hydrogen-bond acceptors (Lipinski definition) is 7. The average molecular weight is 402 g/mol. The quantitative estimate of drug-likeness (QED) is 0.341. The van der Waals surface area contributed by atoms with Crippen molar-refractivity contribution in [2.75, 3.05) is 19.8 Å². The molecule has 0 amide bonds. The zero-order valence-electron chi connectivity index (χ0n) is 16.9. The third-order valence-corrected chi connectivity index (χ3v) is 4.26. The Bertz CT molecular complexity index is 786. The van der Waals surface area contributed by atoms with Crippen LogP contribution in [0.5, 0.6) is 0 Å². The molecule has 0 aliphatic heterocycles. The van der Waals surface area contributed by atoms with E-state index in [-0.39, 0.29) is 26.2 Å². The molecule has 2 aromatic rings. The van der Waals surface area contributed by atoms with Crippen molar-refractivity contribution >= 4 is 17.9 Å². The van der Waals surface area contributed by atoms with Gasteiger partial charge in [0.2, 0.25) is 0 Å². The van der Waals surface area contributed by atoms with E-state index in [1.807, 2.05) is 22.9 Å². The normalized spacial score (nSPS) is 11.0. The fourth-order valence-corrected chi connectivity index (χ4v) is 2.96. The lowest BCUT2D eigenvalue weighted by Gasteiger charge is -2.27. The first-order valence-electron chi connectivity index (χ1n) is 9.53. The maximum Gasteiger partial charge on any atom is 0.335 e. The number of ether oxygens (including phenoxy) is 3. The Balaban J connectivity index is 2.43. The van der Waals surface area contributed by atoms with Gasteiger partial charge in [0.25, 0.3) is 5.41 Å². The summed E-state index contributed by atoms with van der Waals surface area (Å²) in [5.74, 6) is -2.93. The first-order valence-corrected chi connectivity index (χ1v) is 9.53. The van der Waals surface area contributed by atoms with E-state index >= 15 is 0 Å². The van der Waals surface area contributed by atoms with Crippen LogP contribution in [0.1, 0.15) is 31.9 Å². The second kappa shape index (κ2) is 10.4. The standard InChI is InChI=1S/C21H26N2O6/c1-4-27-18(24)21(19(25)28-5-2,20(26)29-6-3)13-16-8-7-9-17(12-16)14-23-11-10-22-15-23/h7-12,15H,4-6,13-14H2,1-3H3. The van der Waals surface area contributed by atoms with Crippen molar-refractivity contribution in [3.05, 3.63) is 54.1 Å². The number of esters is 3. The average Bonchev–Trinajstić information content (AvgIpc) is 3.20. The molecule has 0 aliphatic carbocycles. The molecule has 8 heteroatoms. The van der Waals surface area contributed by atoms with Gasteiger partial charge in [-0.25, -0.2) is 4.98 Å². The summed E-state index contributed by atoms with van der Waals surface area (Å²) in [5, 5.41) is 0. The Kier molecular flexibility index (Phi) is 7.94. The molecule has 0 N–H and O–H groups in total. The van der Waals surface area contributed by atoms with Crippen LogP contribution in [0.25, 0.3) is 0 Å². The summed E-state index contributed by atoms with van der Waals surface area (Å²) < 4.78 is 17.1. The molecule has 0 spiro atoms. The van der Waals surface area contributed by atoms with Crippen LogP contribution in [-0.2, 0) is 41.6 Å². The number of carbonyl (C=O) groups excluding carboxylic acids is 3. The molecular weight excluding hydrogens is 376 g/mol. The van der Waals surface area contributed by atoms with E-state index < -0.39 is 23.3 Å². The van der Waals surface area contributed by atoms with E-state index in [4.69, 9.17) is 14.2 Å². The van der Waals surface area contributed by atoms with Crippen molar-refractivity contribution in [3.8, 4) is 0 Å². The lowest BCUT2D eigenvalue weighted by molar-refractivity contribution is -0.183. The zero-order chi connectivity index (χ0) is 21.3. The molecule has 1 aromatic carbocycles. The highest BCUT2D eigenvalue weighted by Gasteiger charge is 2.57. The molecule has 0 unspecified atom stereocenters. The first kappa shape index (κ1) is 22.1. The van der Waals surface area contributed by atoms with Crippen LogP contribution in [0.3, 0.4) is 0 Å². The number of nitrogens with zero attached hydrogens (tertiary/aromatic N) is 2. The molecular formula is C21H26N2O6. The SMILES string of the molecule is CCOC(=O)C(Cc1cccc(Cn2ccnc2)c1)(C(=O)OCC)C(=O)OCC. The minimum Gasteiger partial charge on any atom is -0.465 e. The molecule has 0 aliphatic rings. The Labute approximate surface area is 169 Å². The zero-order valence-corrected chi connectivity index (χ0v) is 16.9. The van der Waals surface area contributed by atoms with Gasteiger partial charge in [0, 0.05) is 25.4 Å². The molecule has 0 saturated carbocycles. The van der Waals surface area contributed by atoms with Gasteiger partial charge in [0.15, 0.2) is 0 Å².